The minimum Gasteiger partial charge on any atom is -0.445 e. The topological polar surface area (TPSA) is 58.6 Å². The van der Waals surface area contributed by atoms with Crippen LogP contribution >= 0.6 is 0 Å². The van der Waals surface area contributed by atoms with E-state index in [-0.39, 0.29) is 18.0 Å². The van der Waals surface area contributed by atoms with Crippen molar-refractivity contribution in [2.45, 2.75) is 58.1 Å². The van der Waals surface area contributed by atoms with Gasteiger partial charge in [0.2, 0.25) is 0 Å². The molecule has 0 unspecified atom stereocenters. The van der Waals surface area contributed by atoms with Crippen molar-refractivity contribution < 1.29 is 14.3 Å². The van der Waals surface area contributed by atoms with Crippen molar-refractivity contribution in [3.8, 4) is 0 Å². The van der Waals surface area contributed by atoms with Gasteiger partial charge in [-0.3, -0.25) is 4.79 Å². The molecule has 0 spiro atoms. The predicted molar refractivity (Wildman–Crippen MR) is 118 cm³/mol. The third-order valence-corrected chi connectivity index (χ3v) is 5.94. The Morgan fingerprint density at radius 1 is 0.933 bits per heavy atom. The van der Waals surface area contributed by atoms with Crippen molar-refractivity contribution in [3.63, 3.8) is 0 Å². The van der Waals surface area contributed by atoms with E-state index in [2.05, 4.69) is 17.4 Å². The molecule has 1 aliphatic carbocycles. The number of nitrogens with one attached hydrogen (secondary N) is 1. The molecule has 0 atom stereocenters. The Balaban J connectivity index is 1.44. The summed E-state index contributed by atoms with van der Waals surface area (Å²) in [6.07, 6.45) is 3.57. The molecule has 5 heteroatoms. The van der Waals surface area contributed by atoms with Gasteiger partial charge in [-0.2, -0.15) is 0 Å². The van der Waals surface area contributed by atoms with Crippen LogP contribution < -0.4 is 5.32 Å². The Hall–Kier alpha value is -2.82. The Kier molecular flexibility index (Phi) is 7.89. The summed E-state index contributed by atoms with van der Waals surface area (Å²) in [5.41, 5.74) is 3.01. The average Bonchev–Trinajstić information content (AvgIpc) is 2.80. The largest absolute Gasteiger partial charge is 0.445 e. The number of alkyl carbamates (subject to hydrolysis) is 1. The number of benzene rings is 2. The summed E-state index contributed by atoms with van der Waals surface area (Å²) in [5.74, 6) is 0.564. The molecular formula is C25H32N2O3. The zero-order valence-electron chi connectivity index (χ0n) is 18.0. The molecule has 0 radical (unpaired) electrons. The zero-order chi connectivity index (χ0) is 21.3. The van der Waals surface area contributed by atoms with E-state index in [9.17, 15) is 9.59 Å². The van der Waals surface area contributed by atoms with Gasteiger partial charge in [0.25, 0.3) is 5.91 Å². The summed E-state index contributed by atoms with van der Waals surface area (Å²) in [4.78, 5) is 26.4. The van der Waals surface area contributed by atoms with E-state index in [4.69, 9.17) is 4.74 Å². The van der Waals surface area contributed by atoms with Crippen molar-refractivity contribution in [2.75, 3.05) is 13.1 Å². The fraction of sp³-hybridized carbons (Fsp3) is 0.440. The van der Waals surface area contributed by atoms with E-state index in [0.717, 1.165) is 49.9 Å². The smallest absolute Gasteiger partial charge is 0.407 e. The summed E-state index contributed by atoms with van der Waals surface area (Å²) < 4.78 is 5.33. The van der Waals surface area contributed by atoms with Gasteiger partial charge in [-0.25, -0.2) is 4.79 Å². The highest BCUT2D eigenvalue weighted by atomic mass is 16.5. The third-order valence-electron chi connectivity index (χ3n) is 5.94. The fourth-order valence-electron chi connectivity index (χ4n) is 4.09. The molecule has 1 fully saturated rings. The number of carbonyl (C=O) groups is 2. The van der Waals surface area contributed by atoms with Crippen LogP contribution in [-0.4, -0.2) is 36.0 Å². The maximum atomic E-state index is 12.5. The summed E-state index contributed by atoms with van der Waals surface area (Å²) in [5, 5.41) is 3.00. The molecule has 1 N–H and O–H groups in total. The maximum Gasteiger partial charge on any atom is 0.407 e. The number of hydrogen-bond donors (Lipinski definition) is 1. The summed E-state index contributed by atoms with van der Waals surface area (Å²) >= 11 is 0. The van der Waals surface area contributed by atoms with Gasteiger partial charge in [-0.1, -0.05) is 42.5 Å². The number of nitrogens with zero attached hydrogens (tertiary/aromatic N) is 1. The Morgan fingerprint density at radius 3 is 2.17 bits per heavy atom. The number of amides is 2. The van der Waals surface area contributed by atoms with Crippen LogP contribution in [-0.2, 0) is 11.3 Å². The van der Waals surface area contributed by atoms with E-state index in [1.165, 1.54) is 5.56 Å². The van der Waals surface area contributed by atoms with Crippen molar-refractivity contribution in [3.05, 3.63) is 71.3 Å². The molecule has 0 heterocycles. The van der Waals surface area contributed by atoms with Crippen LogP contribution in [0.3, 0.4) is 0 Å². The molecule has 3 rings (SSSR count). The first-order valence-corrected chi connectivity index (χ1v) is 11.0. The second kappa shape index (κ2) is 10.8. The lowest BCUT2D eigenvalue weighted by Crippen LogP contribution is -2.37. The average molecular weight is 409 g/mol. The van der Waals surface area contributed by atoms with Gasteiger partial charge in [0.15, 0.2) is 0 Å². The van der Waals surface area contributed by atoms with Crippen molar-refractivity contribution in [1.82, 2.24) is 10.2 Å². The summed E-state index contributed by atoms with van der Waals surface area (Å²) in [7, 11) is 0. The van der Waals surface area contributed by atoms with E-state index < -0.39 is 0 Å². The molecule has 5 nitrogen and oxygen atoms in total. The third kappa shape index (κ3) is 5.85. The monoisotopic (exact) mass is 408 g/mol. The first-order valence-electron chi connectivity index (χ1n) is 11.0. The van der Waals surface area contributed by atoms with Gasteiger partial charge in [-0.15, -0.1) is 0 Å². The molecule has 2 aromatic carbocycles. The SMILES string of the molecule is CCN(CC)C(=O)c1ccc([C@H]2CC[C@H](NC(=O)OCc3ccccc3)CC2)cc1. The van der Waals surface area contributed by atoms with Gasteiger partial charge in [0.1, 0.15) is 6.61 Å². The molecule has 30 heavy (non-hydrogen) atoms. The van der Waals surface area contributed by atoms with Crippen molar-refractivity contribution in [1.29, 1.82) is 0 Å². The second-order valence-corrected chi connectivity index (χ2v) is 7.85. The lowest BCUT2D eigenvalue weighted by Gasteiger charge is -2.29. The molecule has 2 aromatic rings. The van der Waals surface area contributed by atoms with Crippen LogP contribution in [0.15, 0.2) is 54.6 Å². The van der Waals surface area contributed by atoms with Crippen LogP contribution in [0.2, 0.25) is 0 Å². The molecule has 1 aliphatic rings. The fourth-order valence-corrected chi connectivity index (χ4v) is 4.09. The number of rotatable bonds is 7. The maximum absolute atomic E-state index is 12.5. The minimum absolute atomic E-state index is 0.0912. The molecule has 160 valence electrons. The number of hydrogen-bond acceptors (Lipinski definition) is 3. The van der Waals surface area contributed by atoms with Gasteiger partial charge in [0, 0.05) is 24.7 Å². The summed E-state index contributed by atoms with van der Waals surface area (Å²) in [6.45, 7) is 5.74. The predicted octanol–water partition coefficient (Wildman–Crippen LogP) is 5.12. The Labute approximate surface area is 179 Å². The minimum atomic E-state index is -0.346. The highest BCUT2D eigenvalue weighted by molar-refractivity contribution is 5.94. The second-order valence-electron chi connectivity index (χ2n) is 7.85. The highest BCUT2D eigenvalue weighted by Gasteiger charge is 2.24. The molecule has 0 aromatic heterocycles. The van der Waals surface area contributed by atoms with E-state index >= 15 is 0 Å². The van der Waals surface area contributed by atoms with Gasteiger partial charge >= 0.3 is 6.09 Å². The Morgan fingerprint density at radius 2 is 1.57 bits per heavy atom. The van der Waals surface area contributed by atoms with Crippen molar-refractivity contribution >= 4 is 12.0 Å². The first kappa shape index (κ1) is 21.9. The lowest BCUT2D eigenvalue weighted by atomic mass is 9.81. The number of ether oxygens (including phenoxy) is 1. The molecule has 0 aliphatic heterocycles. The molecular weight excluding hydrogens is 376 g/mol. The van der Waals surface area contributed by atoms with Crippen LogP contribution in [0.25, 0.3) is 0 Å². The van der Waals surface area contributed by atoms with Gasteiger partial charge < -0.3 is 15.0 Å². The van der Waals surface area contributed by atoms with Crippen LogP contribution in [0.5, 0.6) is 0 Å². The summed E-state index contributed by atoms with van der Waals surface area (Å²) in [6, 6.07) is 17.9. The quantitative estimate of drug-likeness (QED) is 0.692. The van der Waals surface area contributed by atoms with Gasteiger partial charge in [-0.05, 0) is 68.7 Å². The van der Waals surface area contributed by atoms with Crippen LogP contribution in [0.1, 0.15) is 66.9 Å². The lowest BCUT2D eigenvalue weighted by molar-refractivity contribution is 0.0773. The normalized spacial score (nSPS) is 18.5. The molecule has 1 saturated carbocycles. The zero-order valence-corrected chi connectivity index (χ0v) is 18.0. The van der Waals surface area contributed by atoms with Gasteiger partial charge in [0.05, 0.1) is 0 Å². The van der Waals surface area contributed by atoms with Crippen LogP contribution in [0, 0.1) is 0 Å². The standard InChI is InChI=1S/C25H32N2O3/c1-3-27(4-2)24(28)22-12-10-20(11-13-22)21-14-16-23(17-15-21)26-25(29)30-18-19-8-6-5-7-9-19/h5-13,21,23H,3-4,14-18H2,1-2H3,(H,26,29)/t21-,23-. The molecule has 0 saturated heterocycles. The Bertz CT molecular complexity index is 808. The molecule has 2 amide bonds. The first-order chi connectivity index (χ1) is 14.6. The number of carbonyl (C=O) groups excluding carboxylic acids is 2. The highest BCUT2D eigenvalue weighted by Crippen LogP contribution is 2.33. The van der Waals surface area contributed by atoms with Crippen LogP contribution in [0.4, 0.5) is 4.79 Å². The van der Waals surface area contributed by atoms with E-state index in [1.807, 2.05) is 61.2 Å². The molecule has 0 bridgehead atoms. The van der Waals surface area contributed by atoms with E-state index in [1.54, 1.807) is 0 Å². The van der Waals surface area contributed by atoms with Crippen molar-refractivity contribution in [2.24, 2.45) is 0 Å². The van der Waals surface area contributed by atoms with E-state index in [0.29, 0.717) is 12.5 Å².